The summed E-state index contributed by atoms with van der Waals surface area (Å²) in [7, 11) is 0. The van der Waals surface area contributed by atoms with Crippen molar-refractivity contribution in [3.63, 3.8) is 0 Å². The molecule has 0 heterocycles. The summed E-state index contributed by atoms with van der Waals surface area (Å²) >= 11 is 0. The first-order valence-electron chi connectivity index (χ1n) is 5.44. The van der Waals surface area contributed by atoms with Crippen LogP contribution in [0.1, 0.15) is 23.7 Å². The maximum atomic E-state index is 11.9. The number of hydrogen-bond acceptors (Lipinski definition) is 4. The molecule has 0 radical (unpaired) electrons. The number of halogens is 2. The van der Waals surface area contributed by atoms with Gasteiger partial charge >= 0.3 is 6.61 Å². The van der Waals surface area contributed by atoms with Crippen LogP contribution in [0, 0.1) is 0 Å². The Kier molecular flexibility index (Phi) is 5.23. The van der Waals surface area contributed by atoms with E-state index in [1.54, 1.807) is 0 Å². The molecule has 1 aromatic rings. The molecule has 0 aromatic heterocycles. The van der Waals surface area contributed by atoms with E-state index >= 15 is 0 Å². The van der Waals surface area contributed by atoms with Crippen molar-refractivity contribution in [1.29, 1.82) is 0 Å². The lowest BCUT2D eigenvalue weighted by Gasteiger charge is -2.14. The molecule has 0 unspecified atom stereocenters. The second-order valence-corrected chi connectivity index (χ2v) is 3.85. The van der Waals surface area contributed by atoms with Crippen LogP contribution in [0.25, 0.3) is 0 Å². The van der Waals surface area contributed by atoms with Gasteiger partial charge in [0.1, 0.15) is 5.75 Å². The molecule has 1 N–H and O–H groups in total. The Hall–Kier alpha value is -2.18. The minimum Gasteiger partial charge on any atom is -0.550 e. The molecule has 7 heteroatoms. The van der Waals surface area contributed by atoms with Crippen molar-refractivity contribution in [2.45, 2.75) is 26.0 Å². The number of alkyl halides is 2. The molecule has 104 valence electrons. The van der Waals surface area contributed by atoms with Crippen molar-refractivity contribution in [3.05, 3.63) is 29.8 Å². The Morgan fingerprint density at radius 2 is 1.89 bits per heavy atom. The van der Waals surface area contributed by atoms with Crippen LogP contribution in [0.15, 0.2) is 24.3 Å². The molecule has 0 aliphatic carbocycles. The van der Waals surface area contributed by atoms with Crippen molar-refractivity contribution in [2.75, 3.05) is 0 Å². The highest BCUT2D eigenvalue weighted by atomic mass is 19.3. The molecule has 0 bridgehead atoms. The zero-order valence-corrected chi connectivity index (χ0v) is 10.1. The summed E-state index contributed by atoms with van der Waals surface area (Å²) in [5.41, 5.74) is 0.215. The summed E-state index contributed by atoms with van der Waals surface area (Å²) in [6.07, 6.45) is -0.307. The van der Waals surface area contributed by atoms with Crippen LogP contribution in [0.5, 0.6) is 5.75 Å². The first-order chi connectivity index (χ1) is 8.88. The number of carbonyl (C=O) groups excluding carboxylic acids is 2. The SMILES string of the molecule is C[C@H](CC(=O)[O-])NC(=O)c1ccc(OC(F)F)cc1. The van der Waals surface area contributed by atoms with Crippen LogP contribution in [-0.4, -0.2) is 24.5 Å². The number of ether oxygens (including phenoxy) is 1. The quantitative estimate of drug-likeness (QED) is 0.820. The lowest BCUT2D eigenvalue weighted by Crippen LogP contribution is -2.37. The number of nitrogens with one attached hydrogen (secondary N) is 1. The van der Waals surface area contributed by atoms with Gasteiger partial charge in [0.25, 0.3) is 5.91 Å². The molecule has 0 aliphatic heterocycles. The summed E-state index contributed by atoms with van der Waals surface area (Å²) in [4.78, 5) is 22.0. The fourth-order valence-corrected chi connectivity index (χ4v) is 1.40. The highest BCUT2D eigenvalue weighted by Gasteiger charge is 2.11. The van der Waals surface area contributed by atoms with Crippen LogP contribution in [-0.2, 0) is 4.79 Å². The van der Waals surface area contributed by atoms with Crippen LogP contribution >= 0.6 is 0 Å². The first-order valence-corrected chi connectivity index (χ1v) is 5.44. The van der Waals surface area contributed by atoms with Gasteiger partial charge in [-0.1, -0.05) is 0 Å². The predicted octanol–water partition coefficient (Wildman–Crippen LogP) is 0.546. The molecular weight excluding hydrogens is 260 g/mol. The van der Waals surface area contributed by atoms with Gasteiger partial charge in [0.2, 0.25) is 0 Å². The number of benzene rings is 1. The number of rotatable bonds is 6. The molecule has 1 atom stereocenters. The van der Waals surface area contributed by atoms with Gasteiger partial charge in [-0.05, 0) is 31.2 Å². The molecular formula is C12H12F2NO4-. The molecule has 1 aromatic carbocycles. The summed E-state index contributed by atoms with van der Waals surface area (Å²) in [5.74, 6) is -1.83. The zero-order valence-electron chi connectivity index (χ0n) is 10.1. The second kappa shape index (κ2) is 6.67. The Morgan fingerprint density at radius 1 is 1.32 bits per heavy atom. The van der Waals surface area contributed by atoms with E-state index in [1.165, 1.54) is 31.2 Å². The minimum absolute atomic E-state index is 0.0608. The molecule has 0 aliphatic rings. The van der Waals surface area contributed by atoms with Crippen molar-refractivity contribution in [1.82, 2.24) is 5.32 Å². The maximum Gasteiger partial charge on any atom is 0.387 e. The van der Waals surface area contributed by atoms with Crippen LogP contribution in [0.3, 0.4) is 0 Å². The standard InChI is InChI=1S/C12H13F2NO4/c1-7(6-10(16)17)15-11(18)8-2-4-9(5-3-8)19-12(13)14/h2-5,7,12H,6H2,1H3,(H,15,18)(H,16,17)/p-1/t7-/m1/s1. The average molecular weight is 272 g/mol. The predicted molar refractivity (Wildman–Crippen MR) is 59.6 cm³/mol. The van der Waals surface area contributed by atoms with Crippen LogP contribution in [0.4, 0.5) is 8.78 Å². The lowest BCUT2D eigenvalue weighted by atomic mass is 10.1. The molecule has 1 rings (SSSR count). The van der Waals surface area contributed by atoms with Crippen molar-refractivity contribution in [3.8, 4) is 5.75 Å². The smallest absolute Gasteiger partial charge is 0.387 e. The van der Waals surface area contributed by atoms with Crippen LogP contribution in [0.2, 0.25) is 0 Å². The molecule has 0 spiro atoms. The number of carbonyl (C=O) groups is 2. The second-order valence-electron chi connectivity index (χ2n) is 3.85. The van der Waals surface area contributed by atoms with Gasteiger partial charge in [-0.3, -0.25) is 4.79 Å². The number of carboxylic acid groups (broad SMARTS) is 1. The molecule has 0 fully saturated rings. The Labute approximate surface area is 108 Å². The largest absolute Gasteiger partial charge is 0.550 e. The number of carboxylic acids is 1. The highest BCUT2D eigenvalue weighted by molar-refractivity contribution is 5.94. The average Bonchev–Trinajstić information content (AvgIpc) is 2.27. The normalized spacial score (nSPS) is 12.0. The Balaban J connectivity index is 2.60. The Bertz CT molecular complexity index is 448. The van der Waals surface area contributed by atoms with Gasteiger partial charge in [-0.2, -0.15) is 8.78 Å². The third kappa shape index (κ3) is 5.33. The monoisotopic (exact) mass is 272 g/mol. The van der Waals surface area contributed by atoms with E-state index < -0.39 is 24.5 Å². The third-order valence-corrected chi connectivity index (χ3v) is 2.19. The van der Waals surface area contributed by atoms with Gasteiger partial charge in [-0.25, -0.2) is 0 Å². The van der Waals surface area contributed by atoms with E-state index in [-0.39, 0.29) is 17.7 Å². The maximum absolute atomic E-state index is 11.9. The fraction of sp³-hybridized carbons (Fsp3) is 0.333. The van der Waals surface area contributed by atoms with Crippen molar-refractivity contribution < 1.29 is 28.2 Å². The Morgan fingerprint density at radius 3 is 2.37 bits per heavy atom. The van der Waals surface area contributed by atoms with E-state index in [9.17, 15) is 23.5 Å². The van der Waals surface area contributed by atoms with Gasteiger partial charge in [0.05, 0.1) is 0 Å². The summed E-state index contributed by atoms with van der Waals surface area (Å²) in [6, 6.07) is 4.47. The zero-order chi connectivity index (χ0) is 14.4. The van der Waals surface area contributed by atoms with Gasteiger partial charge in [0, 0.05) is 24.0 Å². The summed E-state index contributed by atoms with van der Waals surface area (Å²) in [6.45, 7) is -1.41. The third-order valence-electron chi connectivity index (χ3n) is 2.19. The van der Waals surface area contributed by atoms with Gasteiger partial charge in [0.15, 0.2) is 0 Å². The molecule has 5 nitrogen and oxygen atoms in total. The molecule has 0 saturated heterocycles. The molecule has 0 saturated carbocycles. The summed E-state index contributed by atoms with van der Waals surface area (Å²) < 4.78 is 28.0. The van der Waals surface area contributed by atoms with E-state index in [4.69, 9.17) is 0 Å². The fourth-order valence-electron chi connectivity index (χ4n) is 1.40. The van der Waals surface area contributed by atoms with Gasteiger partial charge < -0.3 is 20.0 Å². The number of aliphatic carboxylic acids is 1. The van der Waals surface area contributed by atoms with E-state index in [0.29, 0.717) is 0 Å². The van der Waals surface area contributed by atoms with Crippen LogP contribution < -0.4 is 15.2 Å². The minimum atomic E-state index is -2.93. The van der Waals surface area contributed by atoms with E-state index in [1.807, 2.05) is 0 Å². The summed E-state index contributed by atoms with van der Waals surface area (Å²) in [5, 5.41) is 12.8. The molecule has 19 heavy (non-hydrogen) atoms. The van der Waals surface area contributed by atoms with E-state index in [2.05, 4.69) is 10.1 Å². The van der Waals surface area contributed by atoms with Gasteiger partial charge in [-0.15, -0.1) is 0 Å². The van der Waals surface area contributed by atoms with Crippen molar-refractivity contribution in [2.24, 2.45) is 0 Å². The first kappa shape index (κ1) is 14.9. The molecule has 1 amide bonds. The lowest BCUT2D eigenvalue weighted by molar-refractivity contribution is -0.306. The number of hydrogen-bond donors (Lipinski definition) is 1. The highest BCUT2D eigenvalue weighted by Crippen LogP contribution is 2.14. The van der Waals surface area contributed by atoms with Crippen molar-refractivity contribution >= 4 is 11.9 Å². The topological polar surface area (TPSA) is 78.5 Å². The van der Waals surface area contributed by atoms with E-state index in [0.717, 1.165) is 0 Å². The number of amides is 1.